The average Bonchev–Trinajstić information content (AvgIpc) is 0.882. The monoisotopic (exact) mass is 1480 g/mol. The summed E-state index contributed by atoms with van der Waals surface area (Å²) in [5.74, 6) is 7.01. The van der Waals surface area contributed by atoms with Crippen LogP contribution in [0.3, 0.4) is 0 Å². The quantitative estimate of drug-likeness (QED) is 0.0291. The molecule has 4 saturated heterocycles. The lowest BCUT2D eigenvalue weighted by atomic mass is 10.0. The number of likely N-dealkylation sites (tertiary alicyclic amines) is 3. The van der Waals surface area contributed by atoms with Crippen molar-refractivity contribution in [2.45, 2.75) is 134 Å². The molecule has 0 bridgehead atoms. The van der Waals surface area contributed by atoms with E-state index in [0.29, 0.717) is 52.6 Å². The number of morpholine rings is 1. The Morgan fingerprint density at radius 2 is 0.509 bits per heavy atom. The molecule has 4 heterocycles. The Morgan fingerprint density at radius 3 is 0.750 bits per heavy atom. The van der Waals surface area contributed by atoms with Gasteiger partial charge in [0.2, 0.25) is 0 Å². The van der Waals surface area contributed by atoms with Crippen LogP contribution in [0.1, 0.15) is 102 Å². The third kappa shape index (κ3) is 31.0. The summed E-state index contributed by atoms with van der Waals surface area (Å²) in [6.45, 7) is 13.8. The van der Waals surface area contributed by atoms with E-state index in [4.69, 9.17) is 42.6 Å². The first-order valence-corrected chi connectivity index (χ1v) is 39.5. The summed E-state index contributed by atoms with van der Waals surface area (Å²) in [4.78, 5) is 9.23. The minimum absolute atomic E-state index is 0.299. The van der Waals surface area contributed by atoms with Crippen molar-refractivity contribution >= 4 is 0 Å². The highest BCUT2D eigenvalue weighted by Gasteiger charge is 2.21. The van der Waals surface area contributed by atoms with Gasteiger partial charge in [-0.05, 0) is 246 Å². The zero-order valence-corrected chi connectivity index (χ0v) is 64.8. The maximum absolute atomic E-state index is 10.3. The Bertz CT molecular complexity index is 3280. The van der Waals surface area contributed by atoms with Crippen molar-refractivity contribution in [3.63, 3.8) is 0 Å². The fourth-order valence-corrected chi connectivity index (χ4v) is 14.2. The van der Waals surface area contributed by atoms with Gasteiger partial charge in [0.25, 0.3) is 0 Å². The van der Waals surface area contributed by atoms with Crippen molar-refractivity contribution in [3.8, 4) is 46.0 Å². The number of β-amino-alcohol motifs (C(OH)–C–C–N with tert-alkyl or cyclic N) is 4. The first kappa shape index (κ1) is 83.8. The number of para-hydroxylation sites is 4. The normalized spacial score (nSPS) is 16.1. The molecule has 4 fully saturated rings. The molecular weight excluding hydrogens is 1360 g/mol. The van der Waals surface area contributed by atoms with Gasteiger partial charge in [-0.25, -0.2) is 0 Å². The molecule has 4 atom stereocenters. The number of rotatable bonds is 36. The number of piperidine rings is 3. The van der Waals surface area contributed by atoms with Crippen LogP contribution >= 0.6 is 0 Å². The van der Waals surface area contributed by atoms with Crippen molar-refractivity contribution < 1.29 is 63.1 Å². The van der Waals surface area contributed by atoms with Crippen LogP contribution < -0.4 is 37.9 Å². The predicted molar refractivity (Wildman–Crippen MR) is 432 cm³/mol. The number of methoxy groups -OCH3 is 4. The SMILES string of the molecule is COc1cccc(CCc2ccccc2OCC(O)CN2CCCCC2)c1.COc1cccc(CCc2ccccc2OCC(O)CN2CCOCC2)c1.COc1cccc(CCc2ccccc2OC[C@@H](O)CN2CCCCC2)c1.COc1cccc(CCc2ccccc2OC[C@H](O)CN2CCCCC2)c1. The Labute approximate surface area is 644 Å². The molecule has 17 nitrogen and oxygen atoms in total. The minimum atomic E-state index is -0.505. The highest BCUT2D eigenvalue weighted by atomic mass is 16.5. The zero-order chi connectivity index (χ0) is 75.6. The summed E-state index contributed by atoms with van der Waals surface area (Å²) in [7, 11) is 6.76. The lowest BCUT2D eigenvalue weighted by molar-refractivity contribution is 0.00457. The molecule has 4 aliphatic heterocycles. The molecule has 0 amide bonds. The Balaban J connectivity index is 0.000000166. The first-order valence-electron chi connectivity index (χ1n) is 39.5. The molecule has 8 aromatic rings. The second kappa shape index (κ2) is 48.4. The summed E-state index contributed by atoms with van der Waals surface area (Å²) in [6.07, 6.45) is 16.7. The van der Waals surface area contributed by atoms with E-state index in [0.717, 1.165) is 168 Å². The average molecular weight is 1480 g/mol. The van der Waals surface area contributed by atoms with E-state index >= 15 is 0 Å². The predicted octanol–water partition coefficient (Wildman–Crippen LogP) is 13.7. The lowest BCUT2D eigenvalue weighted by Gasteiger charge is -2.28. The van der Waals surface area contributed by atoms with Crippen molar-refractivity contribution in [3.05, 3.63) is 239 Å². The molecule has 17 heteroatoms. The van der Waals surface area contributed by atoms with E-state index < -0.39 is 24.4 Å². The van der Waals surface area contributed by atoms with Crippen molar-refractivity contribution in [1.82, 2.24) is 19.6 Å². The van der Waals surface area contributed by atoms with Gasteiger partial charge in [0.05, 0.1) is 41.7 Å². The molecule has 4 aliphatic rings. The van der Waals surface area contributed by atoms with Crippen LogP contribution in [-0.2, 0) is 56.1 Å². The van der Waals surface area contributed by atoms with Gasteiger partial charge in [-0.3, -0.25) is 4.90 Å². The van der Waals surface area contributed by atoms with Gasteiger partial charge in [-0.1, -0.05) is 141 Å². The molecule has 584 valence electrons. The maximum atomic E-state index is 10.3. The first-order chi connectivity index (χ1) is 53.0. The van der Waals surface area contributed by atoms with Gasteiger partial charge in [0.15, 0.2) is 0 Å². The third-order valence-electron chi connectivity index (χ3n) is 20.2. The highest BCUT2D eigenvalue weighted by Crippen LogP contribution is 2.28. The summed E-state index contributed by atoms with van der Waals surface area (Å²) in [6, 6.07) is 65.1. The number of aryl methyl sites for hydroxylation is 8. The van der Waals surface area contributed by atoms with Crippen molar-refractivity contribution in [2.24, 2.45) is 0 Å². The summed E-state index contributed by atoms with van der Waals surface area (Å²) in [5.41, 5.74) is 9.63. The lowest BCUT2D eigenvalue weighted by Crippen LogP contribution is -2.42. The summed E-state index contributed by atoms with van der Waals surface area (Å²) in [5, 5.41) is 41.3. The molecule has 0 spiro atoms. The van der Waals surface area contributed by atoms with E-state index in [-0.39, 0.29) is 0 Å². The van der Waals surface area contributed by atoms with Crippen LogP contribution in [0.4, 0.5) is 0 Å². The van der Waals surface area contributed by atoms with E-state index in [2.05, 4.69) is 92.4 Å². The topological polar surface area (TPSA) is 177 Å². The van der Waals surface area contributed by atoms with Gasteiger partial charge in [0, 0.05) is 39.3 Å². The Morgan fingerprint density at radius 1 is 0.278 bits per heavy atom. The number of benzene rings is 8. The number of aliphatic hydroxyl groups is 4. The van der Waals surface area contributed by atoms with Gasteiger partial charge < -0.3 is 77.8 Å². The standard InChI is InChI=1S/3C23H31NO3.C22H29NO4/c3*1-26-22-10-7-8-19(16-22)12-13-20-9-3-4-11-23(20)27-18-21(25)17-24-14-5-2-6-15-24;1-25-21-7-4-5-18(15-21)9-10-19-6-2-3-8-22(19)27-17-20(24)16-23-11-13-26-14-12-23/h3*3-4,7-11,16,21,25H,2,5-6,12-15,17-18H2,1H3;2-8,15,20,24H,9-14,16-17H2,1H3/t2*21-;;/m10../s1. The number of hydrogen-bond acceptors (Lipinski definition) is 17. The van der Waals surface area contributed by atoms with Crippen LogP contribution in [0, 0.1) is 0 Å². The second-order valence-corrected chi connectivity index (χ2v) is 28.7. The highest BCUT2D eigenvalue weighted by molar-refractivity contribution is 5.40. The van der Waals surface area contributed by atoms with Crippen LogP contribution in [0.5, 0.6) is 46.0 Å². The zero-order valence-electron chi connectivity index (χ0n) is 64.8. The van der Waals surface area contributed by atoms with Crippen molar-refractivity contribution in [1.29, 1.82) is 0 Å². The van der Waals surface area contributed by atoms with Crippen molar-refractivity contribution in [2.75, 3.05) is 147 Å². The molecule has 0 aliphatic carbocycles. The summed E-state index contributed by atoms with van der Waals surface area (Å²) < 4.78 is 50.4. The minimum Gasteiger partial charge on any atom is -0.497 e. The largest absolute Gasteiger partial charge is 0.497 e. The van der Waals surface area contributed by atoms with Gasteiger partial charge in [-0.15, -0.1) is 0 Å². The number of hydrogen-bond donors (Lipinski definition) is 4. The van der Waals surface area contributed by atoms with E-state index in [1.165, 1.54) is 96.7 Å². The molecule has 108 heavy (non-hydrogen) atoms. The molecule has 0 aromatic heterocycles. The molecule has 4 N–H and O–H groups in total. The molecule has 8 aromatic carbocycles. The third-order valence-corrected chi connectivity index (χ3v) is 20.2. The molecular formula is C91H122N4O13. The van der Waals surface area contributed by atoms with E-state index in [1.807, 2.05) is 121 Å². The fourth-order valence-electron chi connectivity index (χ4n) is 14.2. The summed E-state index contributed by atoms with van der Waals surface area (Å²) >= 11 is 0. The molecule has 0 radical (unpaired) electrons. The van der Waals surface area contributed by atoms with Gasteiger partial charge >= 0.3 is 0 Å². The number of ether oxygens (including phenoxy) is 9. The Hall–Kier alpha value is -8.20. The maximum Gasteiger partial charge on any atom is 0.122 e. The molecule has 12 rings (SSSR count). The van der Waals surface area contributed by atoms with Crippen LogP contribution in [0.25, 0.3) is 0 Å². The van der Waals surface area contributed by atoms with Crippen LogP contribution in [0.2, 0.25) is 0 Å². The fraction of sp³-hybridized carbons (Fsp3) is 0.473. The van der Waals surface area contributed by atoms with Gasteiger partial charge in [0.1, 0.15) is 96.8 Å². The van der Waals surface area contributed by atoms with Gasteiger partial charge in [-0.2, -0.15) is 0 Å². The number of aliphatic hydroxyl groups excluding tert-OH is 4. The van der Waals surface area contributed by atoms with Crippen LogP contribution in [0.15, 0.2) is 194 Å². The number of nitrogens with zero attached hydrogens (tertiary/aromatic N) is 4. The second-order valence-electron chi connectivity index (χ2n) is 28.7. The molecule has 2 unspecified atom stereocenters. The van der Waals surface area contributed by atoms with E-state index in [9.17, 15) is 20.4 Å². The Kier molecular flexibility index (Phi) is 37.5. The smallest absolute Gasteiger partial charge is 0.122 e. The molecule has 0 saturated carbocycles. The van der Waals surface area contributed by atoms with Crippen LogP contribution in [-0.4, -0.2) is 211 Å². The van der Waals surface area contributed by atoms with E-state index in [1.54, 1.807) is 28.4 Å².